The number of aromatic amines is 1. The minimum atomic E-state index is 0.635. The Morgan fingerprint density at radius 3 is 2.79 bits per heavy atom. The monoisotopic (exact) mass is 256 g/mol. The Morgan fingerprint density at radius 1 is 1.21 bits per heavy atom. The molecule has 2 atom stereocenters. The van der Waals surface area contributed by atoms with Gasteiger partial charge in [-0.05, 0) is 25.2 Å². The largest absolute Gasteiger partial charge is 0.308 e. The molecule has 1 aromatic carbocycles. The minimum Gasteiger partial charge on any atom is -0.308 e. The van der Waals surface area contributed by atoms with Gasteiger partial charge in [-0.1, -0.05) is 37.3 Å². The van der Waals surface area contributed by atoms with E-state index in [2.05, 4.69) is 39.8 Å². The van der Waals surface area contributed by atoms with Gasteiger partial charge in [-0.2, -0.15) is 15.4 Å². The fourth-order valence-electron chi connectivity index (χ4n) is 2.84. The SMILES string of the molecule is CC1CCC(NCc2n[nH]nc2-c2ccccc2)C1. The molecule has 0 bridgehead atoms. The van der Waals surface area contributed by atoms with Crippen LogP contribution in [-0.2, 0) is 6.54 Å². The maximum Gasteiger partial charge on any atom is 0.117 e. The molecule has 2 unspecified atom stereocenters. The lowest BCUT2D eigenvalue weighted by molar-refractivity contribution is 0.498. The first-order valence-electron chi connectivity index (χ1n) is 7.01. The summed E-state index contributed by atoms with van der Waals surface area (Å²) in [6, 6.07) is 10.8. The number of hydrogen-bond donors (Lipinski definition) is 2. The Labute approximate surface area is 113 Å². The van der Waals surface area contributed by atoms with Crippen LogP contribution in [0.5, 0.6) is 0 Å². The van der Waals surface area contributed by atoms with Crippen molar-refractivity contribution in [1.29, 1.82) is 0 Å². The van der Waals surface area contributed by atoms with Crippen LogP contribution in [0.1, 0.15) is 31.9 Å². The highest BCUT2D eigenvalue weighted by Gasteiger charge is 2.21. The summed E-state index contributed by atoms with van der Waals surface area (Å²) in [5.41, 5.74) is 3.08. The van der Waals surface area contributed by atoms with Gasteiger partial charge < -0.3 is 5.32 Å². The average molecular weight is 256 g/mol. The maximum atomic E-state index is 4.27. The van der Waals surface area contributed by atoms with Crippen LogP contribution in [0.15, 0.2) is 30.3 Å². The summed E-state index contributed by atoms with van der Waals surface area (Å²) in [5, 5.41) is 14.9. The summed E-state index contributed by atoms with van der Waals surface area (Å²) >= 11 is 0. The molecule has 2 aromatic rings. The van der Waals surface area contributed by atoms with Crippen LogP contribution < -0.4 is 5.32 Å². The van der Waals surface area contributed by atoms with Crippen molar-refractivity contribution in [3.05, 3.63) is 36.0 Å². The number of hydrogen-bond acceptors (Lipinski definition) is 3. The summed E-state index contributed by atoms with van der Waals surface area (Å²) in [4.78, 5) is 0. The van der Waals surface area contributed by atoms with Gasteiger partial charge in [0.05, 0.1) is 0 Å². The highest BCUT2D eigenvalue weighted by molar-refractivity contribution is 5.60. The summed E-state index contributed by atoms with van der Waals surface area (Å²) in [6.07, 6.45) is 3.89. The van der Waals surface area contributed by atoms with Gasteiger partial charge in [0, 0.05) is 18.2 Å². The van der Waals surface area contributed by atoms with Gasteiger partial charge in [-0.25, -0.2) is 0 Å². The van der Waals surface area contributed by atoms with E-state index in [4.69, 9.17) is 0 Å². The van der Waals surface area contributed by atoms with Crippen molar-refractivity contribution < 1.29 is 0 Å². The van der Waals surface area contributed by atoms with E-state index < -0.39 is 0 Å². The van der Waals surface area contributed by atoms with E-state index in [0.29, 0.717) is 6.04 Å². The minimum absolute atomic E-state index is 0.635. The Kier molecular flexibility index (Phi) is 3.60. The molecule has 0 saturated heterocycles. The molecule has 1 aliphatic carbocycles. The van der Waals surface area contributed by atoms with Crippen LogP contribution in [0.3, 0.4) is 0 Å². The first kappa shape index (κ1) is 12.4. The lowest BCUT2D eigenvalue weighted by Gasteiger charge is -2.11. The molecule has 4 nitrogen and oxygen atoms in total. The third-order valence-corrected chi connectivity index (χ3v) is 3.92. The van der Waals surface area contributed by atoms with Gasteiger partial charge in [0.15, 0.2) is 0 Å². The van der Waals surface area contributed by atoms with Gasteiger partial charge in [-0.3, -0.25) is 0 Å². The fourth-order valence-corrected chi connectivity index (χ4v) is 2.84. The second kappa shape index (κ2) is 5.53. The Hall–Kier alpha value is -1.68. The highest BCUT2D eigenvalue weighted by Crippen LogP contribution is 2.25. The number of rotatable bonds is 4. The molecule has 4 heteroatoms. The average Bonchev–Trinajstić information content (AvgIpc) is 3.06. The van der Waals surface area contributed by atoms with Crippen LogP contribution in [0, 0.1) is 5.92 Å². The standard InChI is InChI=1S/C15H20N4/c1-11-7-8-13(9-11)16-10-14-15(18-19-17-14)12-5-3-2-4-6-12/h2-6,11,13,16H,7-10H2,1H3,(H,17,18,19). The van der Waals surface area contributed by atoms with Gasteiger partial charge in [0.1, 0.15) is 11.4 Å². The summed E-state index contributed by atoms with van der Waals surface area (Å²) in [6.45, 7) is 3.12. The van der Waals surface area contributed by atoms with Crippen molar-refractivity contribution in [2.75, 3.05) is 0 Å². The van der Waals surface area contributed by atoms with Crippen LogP contribution >= 0.6 is 0 Å². The Bertz CT molecular complexity index is 520. The molecule has 0 spiro atoms. The van der Waals surface area contributed by atoms with Crippen molar-refractivity contribution in [3.8, 4) is 11.3 Å². The number of H-pyrrole nitrogens is 1. The van der Waals surface area contributed by atoms with E-state index in [9.17, 15) is 0 Å². The fraction of sp³-hybridized carbons (Fsp3) is 0.467. The number of nitrogens with zero attached hydrogens (tertiary/aromatic N) is 2. The van der Waals surface area contributed by atoms with Gasteiger partial charge in [0.25, 0.3) is 0 Å². The molecule has 1 fully saturated rings. The molecule has 0 radical (unpaired) electrons. The molecule has 1 aliphatic rings. The Morgan fingerprint density at radius 2 is 2.05 bits per heavy atom. The Balaban J connectivity index is 1.67. The lowest BCUT2D eigenvalue weighted by atomic mass is 10.1. The smallest absolute Gasteiger partial charge is 0.117 e. The van der Waals surface area contributed by atoms with Crippen molar-refractivity contribution >= 4 is 0 Å². The quantitative estimate of drug-likeness (QED) is 0.884. The molecule has 0 aliphatic heterocycles. The summed E-state index contributed by atoms with van der Waals surface area (Å²) < 4.78 is 0. The first-order chi connectivity index (χ1) is 9.33. The molecule has 3 rings (SSSR count). The van der Waals surface area contributed by atoms with Crippen LogP contribution in [0.25, 0.3) is 11.3 Å². The van der Waals surface area contributed by atoms with Gasteiger partial charge in [-0.15, -0.1) is 0 Å². The molecule has 1 saturated carbocycles. The van der Waals surface area contributed by atoms with Gasteiger partial charge >= 0.3 is 0 Å². The lowest BCUT2D eigenvalue weighted by Crippen LogP contribution is -2.26. The molecule has 100 valence electrons. The number of benzene rings is 1. The number of nitrogens with one attached hydrogen (secondary N) is 2. The van der Waals surface area contributed by atoms with Crippen LogP contribution in [0.2, 0.25) is 0 Å². The molecule has 2 N–H and O–H groups in total. The predicted octanol–water partition coefficient (Wildman–Crippen LogP) is 2.75. The molecule has 0 amide bonds. The van der Waals surface area contributed by atoms with E-state index in [0.717, 1.165) is 29.4 Å². The third kappa shape index (κ3) is 2.84. The first-order valence-corrected chi connectivity index (χ1v) is 7.01. The van der Waals surface area contributed by atoms with E-state index in [-0.39, 0.29) is 0 Å². The van der Waals surface area contributed by atoms with E-state index in [1.54, 1.807) is 0 Å². The van der Waals surface area contributed by atoms with E-state index in [1.807, 2.05) is 18.2 Å². The number of aromatic nitrogens is 3. The molecule has 19 heavy (non-hydrogen) atoms. The van der Waals surface area contributed by atoms with Gasteiger partial charge in [0.2, 0.25) is 0 Å². The van der Waals surface area contributed by atoms with Crippen LogP contribution in [-0.4, -0.2) is 21.5 Å². The molecule has 1 aromatic heterocycles. The zero-order chi connectivity index (χ0) is 13.1. The zero-order valence-electron chi connectivity index (χ0n) is 11.3. The van der Waals surface area contributed by atoms with Crippen molar-refractivity contribution in [2.45, 2.75) is 38.8 Å². The second-order valence-corrected chi connectivity index (χ2v) is 5.48. The van der Waals surface area contributed by atoms with E-state index >= 15 is 0 Å². The maximum absolute atomic E-state index is 4.27. The van der Waals surface area contributed by atoms with E-state index in [1.165, 1.54) is 19.3 Å². The van der Waals surface area contributed by atoms with Crippen molar-refractivity contribution in [1.82, 2.24) is 20.7 Å². The highest BCUT2D eigenvalue weighted by atomic mass is 15.3. The third-order valence-electron chi connectivity index (χ3n) is 3.92. The summed E-state index contributed by atoms with van der Waals surface area (Å²) in [7, 11) is 0. The second-order valence-electron chi connectivity index (χ2n) is 5.48. The molecule has 1 heterocycles. The molecular weight excluding hydrogens is 236 g/mol. The van der Waals surface area contributed by atoms with Crippen LogP contribution in [0.4, 0.5) is 0 Å². The van der Waals surface area contributed by atoms with Crippen molar-refractivity contribution in [2.24, 2.45) is 5.92 Å². The normalized spacial score (nSPS) is 22.8. The predicted molar refractivity (Wildman–Crippen MR) is 75.5 cm³/mol. The topological polar surface area (TPSA) is 53.6 Å². The van der Waals surface area contributed by atoms with Crippen molar-refractivity contribution in [3.63, 3.8) is 0 Å². The molecular formula is C15H20N4. The summed E-state index contributed by atoms with van der Waals surface area (Å²) in [5.74, 6) is 0.850. The zero-order valence-corrected chi connectivity index (χ0v) is 11.3.